The minimum atomic E-state index is -0.349. The van der Waals surface area contributed by atoms with Crippen molar-refractivity contribution in [3.05, 3.63) is 151 Å². The van der Waals surface area contributed by atoms with Crippen molar-refractivity contribution in [1.29, 1.82) is 0 Å². The lowest BCUT2D eigenvalue weighted by Crippen LogP contribution is -2.15. The lowest BCUT2D eigenvalue weighted by Gasteiger charge is -2.21. The van der Waals surface area contributed by atoms with Crippen LogP contribution in [0.2, 0.25) is 0 Å². The van der Waals surface area contributed by atoms with Crippen LogP contribution in [0.25, 0.3) is 84.2 Å². The van der Waals surface area contributed by atoms with Crippen molar-refractivity contribution < 1.29 is 4.42 Å². The maximum absolute atomic E-state index is 6.52. The molecular weight excluding hydrogens is 603 g/mol. The molecule has 6 aromatic carbocycles. The van der Waals surface area contributed by atoms with Gasteiger partial charge in [-0.2, -0.15) is 9.97 Å². The van der Waals surface area contributed by atoms with Crippen molar-refractivity contribution in [3.63, 3.8) is 0 Å². The maximum Gasteiger partial charge on any atom is 0.238 e. The number of para-hydroxylation sites is 2. The third-order valence-corrected chi connectivity index (χ3v) is 9.88. The molecule has 0 saturated carbocycles. The summed E-state index contributed by atoms with van der Waals surface area (Å²) in [4.78, 5) is 20.2. The van der Waals surface area contributed by atoms with Crippen LogP contribution in [0.4, 0.5) is 0 Å². The first-order valence-electron chi connectivity index (χ1n) is 16.5. The Hall–Kier alpha value is -6.40. The average Bonchev–Trinajstić information content (AvgIpc) is 3.81. The van der Waals surface area contributed by atoms with Crippen LogP contribution in [0.15, 0.2) is 144 Å². The van der Waals surface area contributed by atoms with Gasteiger partial charge in [-0.05, 0) is 53.1 Å². The first-order chi connectivity index (χ1) is 24.0. The summed E-state index contributed by atoms with van der Waals surface area (Å²) >= 11 is 0. The van der Waals surface area contributed by atoms with Gasteiger partial charge in [0.2, 0.25) is 11.8 Å². The molecule has 0 N–H and O–H groups in total. The van der Waals surface area contributed by atoms with Gasteiger partial charge in [-0.25, -0.2) is 9.97 Å². The first kappa shape index (κ1) is 27.7. The van der Waals surface area contributed by atoms with Gasteiger partial charge < -0.3 is 4.42 Å². The SMILES string of the molecule is CC1(C)c2cc(-c3nc(-c4ccccc4)nc(-n4c5ccccc5c5ccccc54)n3)ccc2-c2ccc3nc(-c4ccccc4)oc3c21. The van der Waals surface area contributed by atoms with E-state index in [-0.39, 0.29) is 5.41 Å². The Morgan fingerprint density at radius 2 is 1.12 bits per heavy atom. The summed E-state index contributed by atoms with van der Waals surface area (Å²) in [6.07, 6.45) is 0. The fourth-order valence-corrected chi connectivity index (χ4v) is 7.56. The molecule has 0 aliphatic heterocycles. The molecule has 0 unspecified atom stereocenters. The molecule has 6 nitrogen and oxygen atoms in total. The molecule has 9 aromatic rings. The van der Waals surface area contributed by atoms with Crippen LogP contribution in [0.3, 0.4) is 0 Å². The summed E-state index contributed by atoms with van der Waals surface area (Å²) in [5.41, 5.74) is 11.0. The molecule has 0 atom stereocenters. The smallest absolute Gasteiger partial charge is 0.238 e. The van der Waals surface area contributed by atoms with Crippen molar-refractivity contribution in [2.75, 3.05) is 0 Å². The number of hydrogen-bond donors (Lipinski definition) is 0. The average molecular weight is 632 g/mol. The quantitative estimate of drug-likeness (QED) is 0.193. The van der Waals surface area contributed by atoms with Crippen molar-refractivity contribution in [1.82, 2.24) is 24.5 Å². The van der Waals surface area contributed by atoms with Crippen LogP contribution >= 0.6 is 0 Å². The van der Waals surface area contributed by atoms with Gasteiger partial charge in [0.05, 0.1) is 11.0 Å². The molecule has 0 radical (unpaired) electrons. The third kappa shape index (κ3) is 4.14. The van der Waals surface area contributed by atoms with Gasteiger partial charge in [-0.3, -0.25) is 4.57 Å². The number of rotatable bonds is 4. The van der Waals surface area contributed by atoms with E-state index in [1.54, 1.807) is 0 Å². The molecule has 10 rings (SSSR count). The van der Waals surface area contributed by atoms with Crippen molar-refractivity contribution in [2.45, 2.75) is 19.3 Å². The molecule has 0 fully saturated rings. The van der Waals surface area contributed by atoms with Crippen molar-refractivity contribution in [2.24, 2.45) is 0 Å². The summed E-state index contributed by atoms with van der Waals surface area (Å²) in [6.45, 7) is 4.52. The Balaban J connectivity index is 1.16. The Kier molecular flexibility index (Phi) is 5.82. The number of hydrogen-bond acceptors (Lipinski definition) is 5. The van der Waals surface area contributed by atoms with Crippen LogP contribution in [0, 0.1) is 0 Å². The van der Waals surface area contributed by atoms with Crippen molar-refractivity contribution in [3.8, 4) is 51.3 Å². The zero-order valence-corrected chi connectivity index (χ0v) is 26.9. The summed E-state index contributed by atoms with van der Waals surface area (Å²) in [5.74, 6) is 2.47. The first-order valence-corrected chi connectivity index (χ1v) is 16.5. The van der Waals surface area contributed by atoms with Gasteiger partial charge in [0.25, 0.3) is 0 Å². The minimum absolute atomic E-state index is 0.349. The summed E-state index contributed by atoms with van der Waals surface area (Å²) in [5, 5.41) is 2.32. The number of fused-ring (bicyclic) bond motifs is 8. The predicted molar refractivity (Wildman–Crippen MR) is 196 cm³/mol. The molecule has 232 valence electrons. The lowest BCUT2D eigenvalue weighted by molar-refractivity contribution is 0.593. The molecule has 0 saturated heterocycles. The lowest BCUT2D eigenvalue weighted by atomic mass is 9.81. The van der Waals surface area contributed by atoms with Crippen LogP contribution < -0.4 is 0 Å². The number of benzene rings is 6. The molecule has 1 aliphatic carbocycles. The van der Waals surface area contributed by atoms with E-state index >= 15 is 0 Å². The van der Waals surface area contributed by atoms with E-state index in [9.17, 15) is 0 Å². The topological polar surface area (TPSA) is 69.6 Å². The van der Waals surface area contributed by atoms with E-state index in [0.717, 1.165) is 55.2 Å². The number of oxazole rings is 1. The largest absolute Gasteiger partial charge is 0.436 e. The van der Waals surface area contributed by atoms with Crippen LogP contribution in [-0.4, -0.2) is 24.5 Å². The fourth-order valence-electron chi connectivity index (χ4n) is 7.56. The molecule has 3 aromatic heterocycles. The van der Waals surface area contributed by atoms with E-state index in [0.29, 0.717) is 23.5 Å². The van der Waals surface area contributed by atoms with Crippen molar-refractivity contribution >= 4 is 32.9 Å². The molecule has 49 heavy (non-hydrogen) atoms. The second kappa shape index (κ2) is 10.3. The van der Waals surface area contributed by atoms with Gasteiger partial charge in [0, 0.05) is 38.4 Å². The van der Waals surface area contributed by atoms with E-state index in [4.69, 9.17) is 24.4 Å². The Morgan fingerprint density at radius 1 is 0.531 bits per heavy atom. The molecule has 0 bridgehead atoms. The minimum Gasteiger partial charge on any atom is -0.436 e. The highest BCUT2D eigenvalue weighted by atomic mass is 16.3. The monoisotopic (exact) mass is 631 g/mol. The summed E-state index contributed by atoms with van der Waals surface area (Å²) in [6, 6.07) is 47.9. The highest BCUT2D eigenvalue weighted by Crippen LogP contribution is 2.52. The predicted octanol–water partition coefficient (Wildman–Crippen LogP) is 10.4. The van der Waals surface area contributed by atoms with Gasteiger partial charge >= 0.3 is 0 Å². The normalized spacial score (nSPS) is 13.3. The van der Waals surface area contributed by atoms with E-state index in [1.165, 1.54) is 16.7 Å². The van der Waals surface area contributed by atoms with Gasteiger partial charge in [0.1, 0.15) is 5.52 Å². The fraction of sp³-hybridized carbons (Fsp3) is 0.0698. The van der Waals surface area contributed by atoms with E-state index in [1.807, 2.05) is 60.7 Å². The zero-order valence-electron chi connectivity index (χ0n) is 26.9. The summed E-state index contributed by atoms with van der Waals surface area (Å²) in [7, 11) is 0. The standard InChI is InChI=1S/C43H29N5O/c1-43(2)33-25-28(21-22-29(33)32-23-24-34-38(37(32)43)49-41(44-34)27-15-7-4-8-16-27)40-45-39(26-13-5-3-6-14-26)46-42(47-40)48-35-19-11-9-17-30(35)31-18-10-12-20-36(31)48/h3-25H,1-2H3. The Bertz CT molecular complexity index is 2690. The highest BCUT2D eigenvalue weighted by Gasteiger charge is 2.39. The summed E-state index contributed by atoms with van der Waals surface area (Å²) < 4.78 is 8.68. The van der Waals surface area contributed by atoms with E-state index in [2.05, 4.69) is 97.3 Å². The molecule has 6 heteroatoms. The third-order valence-electron chi connectivity index (χ3n) is 9.88. The van der Waals surface area contributed by atoms with E-state index < -0.39 is 0 Å². The van der Waals surface area contributed by atoms with Crippen LogP contribution in [-0.2, 0) is 5.41 Å². The van der Waals surface area contributed by atoms with Gasteiger partial charge in [-0.1, -0.05) is 117 Å². The van der Waals surface area contributed by atoms with Gasteiger partial charge in [0.15, 0.2) is 17.2 Å². The zero-order chi connectivity index (χ0) is 32.7. The van der Waals surface area contributed by atoms with Crippen LogP contribution in [0.5, 0.6) is 0 Å². The van der Waals surface area contributed by atoms with Gasteiger partial charge in [-0.15, -0.1) is 0 Å². The molecule has 0 spiro atoms. The maximum atomic E-state index is 6.52. The number of aromatic nitrogens is 5. The second-order valence-electron chi connectivity index (χ2n) is 13.1. The molecule has 1 aliphatic rings. The molecule has 0 amide bonds. The Labute approximate surface area is 282 Å². The highest BCUT2D eigenvalue weighted by molar-refractivity contribution is 6.09. The molecule has 3 heterocycles. The Morgan fingerprint density at radius 3 is 1.82 bits per heavy atom. The second-order valence-corrected chi connectivity index (χ2v) is 13.1. The number of nitrogens with zero attached hydrogens (tertiary/aromatic N) is 5. The molecular formula is C43H29N5O. The van der Waals surface area contributed by atoms with Crippen LogP contribution in [0.1, 0.15) is 25.0 Å².